The third kappa shape index (κ3) is 4.82. The quantitative estimate of drug-likeness (QED) is 0.332. The Hall–Kier alpha value is -3.16. The highest BCUT2D eigenvalue weighted by atomic mass is 17.3. The van der Waals surface area contributed by atoms with Gasteiger partial charge in [0.1, 0.15) is 23.0 Å². The van der Waals surface area contributed by atoms with E-state index in [4.69, 9.17) is 23.9 Å². The van der Waals surface area contributed by atoms with E-state index in [-0.39, 0.29) is 0 Å². The van der Waals surface area contributed by atoms with Crippen LogP contribution in [0.5, 0.6) is 23.0 Å². The lowest BCUT2D eigenvalue weighted by atomic mass is 9.97. The van der Waals surface area contributed by atoms with Gasteiger partial charge in [0.15, 0.2) is 0 Å². The van der Waals surface area contributed by atoms with Crippen LogP contribution in [-0.4, -0.2) is 40.1 Å². The summed E-state index contributed by atoms with van der Waals surface area (Å²) in [6.45, 7) is 3.30. The topological polar surface area (TPSA) is 84.8 Å². The van der Waals surface area contributed by atoms with Gasteiger partial charge in [-0.15, -0.1) is 0 Å². The number of ether oxygens (including phenoxy) is 4. The first-order valence-corrected chi connectivity index (χ1v) is 9.23. The number of hydrogen-bond acceptors (Lipinski definition) is 8. The smallest absolute Gasteiger partial charge is 0.354 e. The molecule has 0 bridgehead atoms. The van der Waals surface area contributed by atoms with Crippen LogP contribution in [0.1, 0.15) is 38.7 Å². The Kier molecular flexibility index (Phi) is 7.94. The number of oxime groups is 1. The molecule has 0 unspecified atom stereocenters. The summed E-state index contributed by atoms with van der Waals surface area (Å²) in [5.41, 5.74) is 1.19. The molecule has 0 aliphatic rings. The number of methoxy groups -OCH3 is 4. The van der Waals surface area contributed by atoms with Crippen LogP contribution in [0.25, 0.3) is 10.8 Å². The zero-order chi connectivity index (χ0) is 21.4. The van der Waals surface area contributed by atoms with Crippen molar-refractivity contribution < 1.29 is 33.6 Å². The molecule has 0 saturated heterocycles. The first kappa shape index (κ1) is 22.1. The van der Waals surface area contributed by atoms with Gasteiger partial charge in [-0.1, -0.05) is 13.3 Å². The van der Waals surface area contributed by atoms with Gasteiger partial charge in [-0.25, -0.2) is 9.68 Å². The normalized spacial score (nSPS) is 11.2. The van der Waals surface area contributed by atoms with Gasteiger partial charge < -0.3 is 18.9 Å². The highest BCUT2D eigenvalue weighted by Crippen LogP contribution is 2.46. The number of carbonyl (C=O) groups excluding carboxylic acids is 1. The van der Waals surface area contributed by atoms with Crippen LogP contribution < -0.4 is 18.9 Å². The van der Waals surface area contributed by atoms with E-state index in [0.717, 1.165) is 12.8 Å². The Morgan fingerprint density at radius 3 is 2.07 bits per heavy atom. The Morgan fingerprint density at radius 2 is 1.55 bits per heavy atom. The molecule has 0 heterocycles. The van der Waals surface area contributed by atoms with Gasteiger partial charge >= 0.3 is 5.97 Å². The lowest BCUT2D eigenvalue weighted by Crippen LogP contribution is -2.08. The molecule has 0 aliphatic heterocycles. The first-order chi connectivity index (χ1) is 14.0. The molecule has 2 aromatic carbocycles. The van der Waals surface area contributed by atoms with Gasteiger partial charge in [-0.3, -0.25) is 0 Å². The van der Waals surface area contributed by atoms with E-state index in [1.807, 2.05) is 0 Å². The summed E-state index contributed by atoms with van der Waals surface area (Å²) in [4.78, 5) is 20.3. The summed E-state index contributed by atoms with van der Waals surface area (Å²) >= 11 is 0. The molecule has 158 valence electrons. The fourth-order valence-electron chi connectivity index (χ4n) is 3.06. The molecule has 8 nitrogen and oxygen atoms in total. The van der Waals surface area contributed by atoms with Crippen LogP contribution in [0.4, 0.5) is 0 Å². The number of hydrogen-bond donors (Lipinski definition) is 0. The number of fused-ring (bicyclic) bond motifs is 1. The van der Waals surface area contributed by atoms with Gasteiger partial charge in [0, 0.05) is 12.5 Å². The van der Waals surface area contributed by atoms with Gasteiger partial charge in [-0.2, -0.15) is 4.99 Å². The Labute approximate surface area is 170 Å². The average molecular weight is 405 g/mol. The maximum Gasteiger partial charge on any atom is 0.354 e. The zero-order valence-corrected chi connectivity index (χ0v) is 17.7. The number of rotatable bonds is 10. The zero-order valence-electron chi connectivity index (χ0n) is 17.7. The minimum atomic E-state index is -0.599. The van der Waals surface area contributed by atoms with Crippen molar-refractivity contribution in [2.45, 2.75) is 33.1 Å². The molecule has 0 radical (unpaired) electrons. The number of benzene rings is 2. The molecule has 8 heteroatoms. The fraction of sp³-hybridized carbons (Fsp3) is 0.429. The highest BCUT2D eigenvalue weighted by molar-refractivity contribution is 6.12. The second-order valence-corrected chi connectivity index (χ2v) is 6.17. The lowest BCUT2D eigenvalue weighted by Gasteiger charge is -2.19. The highest BCUT2D eigenvalue weighted by Gasteiger charge is 2.23. The van der Waals surface area contributed by atoms with E-state index >= 15 is 0 Å². The summed E-state index contributed by atoms with van der Waals surface area (Å²) in [5, 5.41) is 5.42. The molecule has 0 aliphatic carbocycles. The van der Waals surface area contributed by atoms with Crippen molar-refractivity contribution in [2.75, 3.05) is 28.4 Å². The van der Waals surface area contributed by atoms with Crippen molar-refractivity contribution >= 4 is 22.5 Å². The standard InChI is InChI=1S/C21H27NO7/c1-7-8-9-15(22-29-28-13(2)23)14-12-18(26-5)19-16(24-3)10-11-17(25-4)20(19)21(14)27-6/h10-12H,7-9H2,1-6H3. The number of unbranched alkanes of at least 4 members (excludes halogenated alkanes) is 1. The predicted molar refractivity (Wildman–Crippen MR) is 109 cm³/mol. The molecule has 29 heavy (non-hydrogen) atoms. The maximum absolute atomic E-state index is 11.0. The molecule has 2 aromatic rings. The van der Waals surface area contributed by atoms with Gasteiger partial charge in [0.2, 0.25) is 0 Å². The van der Waals surface area contributed by atoms with Crippen LogP contribution in [0.3, 0.4) is 0 Å². The molecule has 0 atom stereocenters. The van der Waals surface area contributed by atoms with E-state index < -0.39 is 5.97 Å². The first-order valence-electron chi connectivity index (χ1n) is 9.23. The predicted octanol–water partition coefficient (Wildman–Crippen LogP) is 4.26. The minimum Gasteiger partial charge on any atom is -0.496 e. The van der Waals surface area contributed by atoms with Crippen molar-refractivity contribution in [3.05, 3.63) is 23.8 Å². The second kappa shape index (κ2) is 10.4. The Balaban J connectivity index is 2.81. The SMILES string of the molecule is CCCCC(=NOOC(C)=O)c1cc(OC)c2c(OC)ccc(OC)c2c1OC. The molecule has 0 aromatic heterocycles. The van der Waals surface area contributed by atoms with Crippen LogP contribution in [0.2, 0.25) is 0 Å². The molecule has 0 amide bonds. The summed E-state index contributed by atoms with van der Waals surface area (Å²) in [5.74, 6) is 1.69. The minimum absolute atomic E-state index is 0.526. The van der Waals surface area contributed by atoms with Crippen LogP contribution in [0, 0.1) is 0 Å². The fourth-order valence-corrected chi connectivity index (χ4v) is 3.06. The Bertz CT molecular complexity index is 892. The summed E-state index contributed by atoms with van der Waals surface area (Å²) < 4.78 is 22.5. The lowest BCUT2D eigenvalue weighted by molar-refractivity contribution is -0.271. The van der Waals surface area contributed by atoms with E-state index in [9.17, 15) is 4.79 Å². The van der Waals surface area contributed by atoms with Crippen LogP contribution in [0.15, 0.2) is 23.4 Å². The average Bonchev–Trinajstić information content (AvgIpc) is 2.73. The largest absolute Gasteiger partial charge is 0.496 e. The van der Waals surface area contributed by atoms with Gasteiger partial charge in [0.05, 0.1) is 44.9 Å². The van der Waals surface area contributed by atoms with Crippen LogP contribution >= 0.6 is 0 Å². The van der Waals surface area contributed by atoms with Crippen molar-refractivity contribution in [2.24, 2.45) is 5.16 Å². The molecular formula is C21H27NO7. The summed E-state index contributed by atoms with van der Waals surface area (Å²) in [7, 11) is 6.30. The molecule has 0 spiro atoms. The molecule has 0 N–H and O–H groups in total. The second-order valence-electron chi connectivity index (χ2n) is 6.17. The molecule has 2 rings (SSSR count). The van der Waals surface area contributed by atoms with Crippen molar-refractivity contribution in [1.82, 2.24) is 0 Å². The van der Waals surface area contributed by atoms with E-state index in [1.165, 1.54) is 6.92 Å². The maximum atomic E-state index is 11.0. The number of carbonyl (C=O) groups is 1. The third-order valence-corrected chi connectivity index (χ3v) is 4.37. The molecular weight excluding hydrogens is 378 g/mol. The van der Waals surface area contributed by atoms with Crippen molar-refractivity contribution in [3.63, 3.8) is 0 Å². The molecule has 0 saturated carbocycles. The summed E-state index contributed by atoms with van der Waals surface area (Å²) in [6.07, 6.45) is 2.37. The Morgan fingerprint density at radius 1 is 0.931 bits per heavy atom. The molecule has 0 fully saturated rings. The van der Waals surface area contributed by atoms with Gasteiger partial charge in [0.25, 0.3) is 0 Å². The van der Waals surface area contributed by atoms with Crippen molar-refractivity contribution in [3.8, 4) is 23.0 Å². The number of nitrogens with zero attached hydrogens (tertiary/aromatic N) is 1. The van der Waals surface area contributed by atoms with Crippen molar-refractivity contribution in [1.29, 1.82) is 0 Å². The van der Waals surface area contributed by atoms with E-state index in [1.54, 1.807) is 46.6 Å². The third-order valence-electron chi connectivity index (χ3n) is 4.37. The summed E-state index contributed by atoms with van der Waals surface area (Å²) in [6, 6.07) is 5.40. The van der Waals surface area contributed by atoms with E-state index in [0.29, 0.717) is 51.5 Å². The van der Waals surface area contributed by atoms with E-state index in [2.05, 4.69) is 17.0 Å². The van der Waals surface area contributed by atoms with Crippen LogP contribution in [-0.2, 0) is 14.7 Å². The monoisotopic (exact) mass is 405 g/mol. The van der Waals surface area contributed by atoms with Gasteiger partial charge in [-0.05, 0) is 36.2 Å².